The highest BCUT2D eigenvalue weighted by atomic mass is 16.5. The van der Waals surface area contributed by atoms with Gasteiger partial charge in [0.15, 0.2) is 0 Å². The molecule has 0 aromatic heterocycles. The summed E-state index contributed by atoms with van der Waals surface area (Å²) in [5, 5.41) is 3.40. The van der Waals surface area contributed by atoms with E-state index < -0.39 is 0 Å². The van der Waals surface area contributed by atoms with E-state index in [4.69, 9.17) is 4.74 Å². The van der Waals surface area contributed by atoms with Crippen molar-refractivity contribution in [3.8, 4) is 0 Å². The van der Waals surface area contributed by atoms with Crippen LogP contribution in [0.3, 0.4) is 0 Å². The van der Waals surface area contributed by atoms with Crippen molar-refractivity contribution in [2.75, 3.05) is 27.8 Å². The molecule has 4 heteroatoms. The van der Waals surface area contributed by atoms with E-state index >= 15 is 0 Å². The number of nitrogens with one attached hydrogen (secondary N) is 1. The Bertz CT molecular complexity index is 263. The summed E-state index contributed by atoms with van der Waals surface area (Å²) in [5.74, 6) is 0.218. The summed E-state index contributed by atoms with van der Waals surface area (Å²) >= 11 is 0. The van der Waals surface area contributed by atoms with Gasteiger partial charge in [-0.05, 0) is 26.8 Å². The van der Waals surface area contributed by atoms with Gasteiger partial charge in [-0.3, -0.25) is 4.79 Å². The lowest BCUT2D eigenvalue weighted by molar-refractivity contribution is -0.134. The highest BCUT2D eigenvalue weighted by Crippen LogP contribution is 2.31. The topological polar surface area (TPSA) is 41.6 Å². The van der Waals surface area contributed by atoms with Crippen molar-refractivity contribution < 1.29 is 9.53 Å². The zero-order valence-electron chi connectivity index (χ0n) is 12.3. The first-order valence-corrected chi connectivity index (χ1v) is 6.98. The Kier molecular flexibility index (Phi) is 6.09. The Morgan fingerprint density at radius 1 is 1.39 bits per heavy atom. The Morgan fingerprint density at radius 3 is 2.50 bits per heavy atom. The number of nitrogens with zero attached hydrogens (tertiary/aromatic N) is 1. The van der Waals surface area contributed by atoms with Gasteiger partial charge in [-0.25, -0.2) is 0 Å². The summed E-state index contributed by atoms with van der Waals surface area (Å²) in [6, 6.07) is 0.139. The number of hydrogen-bond acceptors (Lipinski definition) is 3. The molecule has 0 aromatic rings. The zero-order valence-corrected chi connectivity index (χ0v) is 12.3. The maximum atomic E-state index is 12.3. The summed E-state index contributed by atoms with van der Waals surface area (Å²) in [6.07, 6.45) is 6.59. The number of hydrogen-bond donors (Lipinski definition) is 1. The van der Waals surface area contributed by atoms with Crippen LogP contribution in [-0.2, 0) is 9.53 Å². The van der Waals surface area contributed by atoms with E-state index in [9.17, 15) is 4.79 Å². The second kappa shape index (κ2) is 7.10. The highest BCUT2D eigenvalue weighted by molar-refractivity contribution is 5.77. The van der Waals surface area contributed by atoms with Crippen LogP contribution in [-0.4, -0.2) is 50.2 Å². The fourth-order valence-corrected chi connectivity index (χ4v) is 2.76. The van der Waals surface area contributed by atoms with Crippen LogP contribution in [0.15, 0.2) is 0 Å². The highest BCUT2D eigenvalue weighted by Gasteiger charge is 2.34. The van der Waals surface area contributed by atoms with Crippen molar-refractivity contribution in [1.29, 1.82) is 0 Å². The summed E-state index contributed by atoms with van der Waals surface area (Å²) < 4.78 is 5.11. The molecule has 1 amide bonds. The fraction of sp³-hybridized carbons (Fsp3) is 0.929. The molecule has 18 heavy (non-hydrogen) atoms. The molecule has 1 N–H and O–H groups in total. The van der Waals surface area contributed by atoms with Crippen molar-refractivity contribution in [2.24, 2.45) is 0 Å². The van der Waals surface area contributed by atoms with Gasteiger partial charge in [0.25, 0.3) is 0 Å². The molecule has 1 unspecified atom stereocenters. The number of carbonyl (C=O) groups is 1. The second-order valence-electron chi connectivity index (χ2n) is 5.58. The van der Waals surface area contributed by atoms with Gasteiger partial charge < -0.3 is 15.0 Å². The molecular weight excluding hydrogens is 228 g/mol. The smallest absolute Gasteiger partial charge is 0.224 e. The average molecular weight is 256 g/mol. The molecular formula is C14H28N2O2. The van der Waals surface area contributed by atoms with E-state index in [-0.39, 0.29) is 17.5 Å². The van der Waals surface area contributed by atoms with Crippen LogP contribution in [0.1, 0.15) is 45.4 Å². The number of likely N-dealkylation sites (N-methyl/N-ethyl adjacent to an activating group) is 1. The Balaban J connectivity index is 2.55. The van der Waals surface area contributed by atoms with Crippen molar-refractivity contribution >= 4 is 5.91 Å². The van der Waals surface area contributed by atoms with Crippen molar-refractivity contribution in [3.63, 3.8) is 0 Å². The second-order valence-corrected chi connectivity index (χ2v) is 5.58. The van der Waals surface area contributed by atoms with Crippen LogP contribution in [0.5, 0.6) is 0 Å². The standard InChI is InChI=1S/C14H28N2O2/c1-12(11-18-4)16(3)13(17)10-14(15-2)8-6-5-7-9-14/h12,15H,5-11H2,1-4H3. The van der Waals surface area contributed by atoms with Crippen LogP contribution < -0.4 is 5.32 Å². The lowest BCUT2D eigenvalue weighted by Crippen LogP contribution is -2.50. The number of ether oxygens (including phenoxy) is 1. The average Bonchev–Trinajstić information content (AvgIpc) is 2.39. The van der Waals surface area contributed by atoms with E-state index in [1.54, 1.807) is 7.11 Å². The Labute approximate surface area is 111 Å². The third-order valence-corrected chi connectivity index (χ3v) is 4.29. The molecule has 1 aliphatic rings. The van der Waals surface area contributed by atoms with E-state index in [1.165, 1.54) is 19.3 Å². The van der Waals surface area contributed by atoms with Crippen LogP contribution >= 0.6 is 0 Å². The molecule has 0 bridgehead atoms. The normalized spacial score (nSPS) is 20.4. The number of methoxy groups -OCH3 is 1. The van der Waals surface area contributed by atoms with E-state index in [0.717, 1.165) is 12.8 Å². The summed E-state index contributed by atoms with van der Waals surface area (Å²) in [7, 11) is 5.53. The van der Waals surface area contributed by atoms with E-state index in [0.29, 0.717) is 13.0 Å². The monoisotopic (exact) mass is 256 g/mol. The first-order valence-electron chi connectivity index (χ1n) is 6.98. The van der Waals surface area contributed by atoms with Crippen molar-refractivity contribution in [1.82, 2.24) is 10.2 Å². The lowest BCUT2D eigenvalue weighted by atomic mass is 9.79. The van der Waals surface area contributed by atoms with Crippen LogP contribution in [0.2, 0.25) is 0 Å². The minimum atomic E-state index is 0.0242. The van der Waals surface area contributed by atoms with Gasteiger partial charge in [0.2, 0.25) is 5.91 Å². The number of rotatable bonds is 6. The van der Waals surface area contributed by atoms with Crippen molar-refractivity contribution in [2.45, 2.75) is 57.0 Å². The molecule has 4 nitrogen and oxygen atoms in total. The maximum Gasteiger partial charge on any atom is 0.224 e. The van der Waals surface area contributed by atoms with Gasteiger partial charge in [0, 0.05) is 26.1 Å². The predicted octanol–water partition coefficient (Wildman–Crippen LogP) is 1.79. The lowest BCUT2D eigenvalue weighted by Gasteiger charge is -2.38. The van der Waals surface area contributed by atoms with Crippen LogP contribution in [0.25, 0.3) is 0 Å². The third kappa shape index (κ3) is 3.95. The van der Waals surface area contributed by atoms with Gasteiger partial charge in [0.1, 0.15) is 0 Å². The molecule has 1 aliphatic carbocycles. The van der Waals surface area contributed by atoms with Crippen LogP contribution in [0, 0.1) is 0 Å². The maximum absolute atomic E-state index is 12.3. The molecule has 0 heterocycles. The van der Waals surface area contributed by atoms with Gasteiger partial charge in [-0.2, -0.15) is 0 Å². The first kappa shape index (κ1) is 15.4. The quantitative estimate of drug-likeness (QED) is 0.788. The van der Waals surface area contributed by atoms with Crippen molar-refractivity contribution in [3.05, 3.63) is 0 Å². The van der Waals surface area contributed by atoms with E-state index in [2.05, 4.69) is 5.32 Å². The number of amides is 1. The van der Waals surface area contributed by atoms with Gasteiger partial charge in [-0.1, -0.05) is 19.3 Å². The largest absolute Gasteiger partial charge is 0.383 e. The van der Waals surface area contributed by atoms with Crippen LogP contribution in [0.4, 0.5) is 0 Å². The SMILES string of the molecule is CNC1(CC(=O)N(C)C(C)COC)CCCCC1. The fourth-order valence-electron chi connectivity index (χ4n) is 2.76. The summed E-state index contributed by atoms with van der Waals surface area (Å²) in [6.45, 7) is 2.61. The van der Waals surface area contributed by atoms with Gasteiger partial charge >= 0.3 is 0 Å². The zero-order chi connectivity index (χ0) is 13.6. The molecule has 0 aromatic carbocycles. The Morgan fingerprint density at radius 2 is 2.00 bits per heavy atom. The molecule has 1 atom stereocenters. The molecule has 1 rings (SSSR count). The van der Waals surface area contributed by atoms with Gasteiger partial charge in [-0.15, -0.1) is 0 Å². The molecule has 0 radical (unpaired) electrons. The predicted molar refractivity (Wildman–Crippen MR) is 73.6 cm³/mol. The first-order chi connectivity index (χ1) is 8.54. The molecule has 1 fully saturated rings. The molecule has 106 valence electrons. The minimum Gasteiger partial charge on any atom is -0.383 e. The summed E-state index contributed by atoms with van der Waals surface area (Å²) in [4.78, 5) is 14.1. The number of carbonyl (C=O) groups excluding carboxylic acids is 1. The summed E-state index contributed by atoms with van der Waals surface area (Å²) in [5.41, 5.74) is 0.0242. The third-order valence-electron chi connectivity index (χ3n) is 4.29. The Hall–Kier alpha value is -0.610. The minimum absolute atomic E-state index is 0.0242. The molecule has 0 aliphatic heterocycles. The molecule has 0 spiro atoms. The molecule has 1 saturated carbocycles. The van der Waals surface area contributed by atoms with Gasteiger partial charge in [0.05, 0.1) is 12.6 Å². The van der Waals surface area contributed by atoms with E-state index in [1.807, 2.05) is 25.9 Å². The molecule has 0 saturated heterocycles.